The van der Waals surface area contributed by atoms with E-state index in [2.05, 4.69) is 97.1 Å². The molecule has 0 radical (unpaired) electrons. The molecule has 4 heteroatoms. The molecular formula is C49H56O4. The molecule has 8 atom stereocenters. The van der Waals surface area contributed by atoms with Gasteiger partial charge < -0.3 is 15.3 Å². The Bertz CT molecular complexity index is 2000. The summed E-state index contributed by atoms with van der Waals surface area (Å²) in [5.41, 5.74) is 5.69. The monoisotopic (exact) mass is 708 g/mol. The number of phenolic OH excluding ortho intramolecular Hbond substituents is 1. The molecule has 0 aliphatic heterocycles. The molecule has 3 aromatic rings. The van der Waals surface area contributed by atoms with Crippen molar-refractivity contribution in [3.8, 4) is 5.75 Å². The molecule has 1 fully saturated rings. The van der Waals surface area contributed by atoms with Crippen molar-refractivity contribution in [3.05, 3.63) is 129 Å². The number of unbranched alkanes of at least 4 members (excludes halogenated alkanes) is 3. The molecule has 8 rings (SSSR count). The topological polar surface area (TPSA) is 77.8 Å². The van der Waals surface area contributed by atoms with Gasteiger partial charge >= 0.3 is 5.97 Å². The third-order valence-electron chi connectivity index (χ3n) is 13.9. The van der Waals surface area contributed by atoms with E-state index in [9.17, 15) is 20.1 Å². The summed E-state index contributed by atoms with van der Waals surface area (Å²) in [6.45, 7) is 0.212. The van der Waals surface area contributed by atoms with Crippen molar-refractivity contribution in [3.63, 3.8) is 0 Å². The standard InChI is InChI=1S/C49H56O4/c50-32-35-16-15-33(25-35)9-3-1-2-4-10-36-11-7-8-14-46(48(52)53)49-31-42-29-40-13-6-5-12-39(40)28-41(42)30-43(49)22-19-38-18-17-34(27-47(38)49)26-45(36)37-20-23-44(51)24-21-37/h5-8,12-13,17-25,27-29,33,36,41-43,45-46,50-51H,1-4,9-11,14-16,26,30-32H2,(H,52,53)/t33-,36-,41-,42-,43+,45-,46+,49-/m1/s1. The third-order valence-corrected chi connectivity index (χ3v) is 13.9. The average molecular weight is 709 g/mol. The Kier molecular flexibility index (Phi) is 10.6. The highest BCUT2D eigenvalue weighted by atomic mass is 16.4. The first-order valence-electron chi connectivity index (χ1n) is 20.5. The summed E-state index contributed by atoms with van der Waals surface area (Å²) in [7, 11) is 0. The molecule has 4 nitrogen and oxygen atoms in total. The van der Waals surface area contributed by atoms with E-state index < -0.39 is 17.3 Å². The summed E-state index contributed by atoms with van der Waals surface area (Å²) in [6, 6.07) is 23.5. The number of fused-ring (bicyclic) bond motifs is 3. The zero-order chi connectivity index (χ0) is 36.4. The molecule has 5 aliphatic rings. The molecule has 53 heavy (non-hydrogen) atoms. The van der Waals surface area contributed by atoms with Crippen LogP contribution in [0.2, 0.25) is 0 Å². The van der Waals surface area contributed by atoms with Crippen LogP contribution in [0.5, 0.6) is 5.75 Å². The van der Waals surface area contributed by atoms with Gasteiger partial charge in [-0.15, -0.1) is 0 Å². The summed E-state index contributed by atoms with van der Waals surface area (Å²) in [6.07, 6.45) is 29.9. The maximum Gasteiger partial charge on any atom is 0.307 e. The normalized spacial score (nSPS) is 30.0. The first kappa shape index (κ1) is 35.9. The number of hydrogen-bond donors (Lipinski definition) is 3. The molecule has 2 bridgehead atoms. The van der Waals surface area contributed by atoms with Crippen LogP contribution < -0.4 is 10.4 Å². The van der Waals surface area contributed by atoms with Crippen LogP contribution in [0.1, 0.15) is 105 Å². The van der Waals surface area contributed by atoms with Gasteiger partial charge in [-0.25, -0.2) is 0 Å². The number of carbonyl (C=O) groups is 1. The van der Waals surface area contributed by atoms with E-state index >= 15 is 0 Å². The van der Waals surface area contributed by atoms with E-state index in [1.165, 1.54) is 76.8 Å². The third kappa shape index (κ3) is 7.37. The van der Waals surface area contributed by atoms with Gasteiger partial charge in [0.25, 0.3) is 0 Å². The van der Waals surface area contributed by atoms with E-state index in [0.717, 1.165) is 38.5 Å². The summed E-state index contributed by atoms with van der Waals surface area (Å²) < 4.78 is 0. The fourth-order valence-electron chi connectivity index (χ4n) is 11.1. The Morgan fingerprint density at radius 2 is 1.58 bits per heavy atom. The number of phenols is 1. The van der Waals surface area contributed by atoms with E-state index in [0.29, 0.717) is 35.8 Å². The minimum atomic E-state index is -0.679. The molecule has 1 saturated carbocycles. The van der Waals surface area contributed by atoms with Crippen molar-refractivity contribution < 1.29 is 20.1 Å². The van der Waals surface area contributed by atoms with Gasteiger partial charge in [-0.3, -0.25) is 4.79 Å². The number of aliphatic hydroxyl groups excluding tert-OH is 1. The van der Waals surface area contributed by atoms with E-state index in [-0.39, 0.29) is 18.4 Å². The Balaban J connectivity index is 1.10. The predicted molar refractivity (Wildman–Crippen MR) is 215 cm³/mol. The van der Waals surface area contributed by atoms with Crippen LogP contribution in [-0.4, -0.2) is 27.9 Å². The van der Waals surface area contributed by atoms with Crippen LogP contribution in [0.4, 0.5) is 0 Å². The highest BCUT2D eigenvalue weighted by Crippen LogP contribution is 2.58. The highest BCUT2D eigenvalue weighted by molar-refractivity contribution is 5.76. The second-order valence-corrected chi connectivity index (χ2v) is 16.9. The van der Waals surface area contributed by atoms with Crippen LogP contribution in [0.25, 0.3) is 18.2 Å². The number of allylic oxidation sites excluding steroid dienone is 4. The van der Waals surface area contributed by atoms with Crippen molar-refractivity contribution in [2.75, 3.05) is 6.61 Å². The van der Waals surface area contributed by atoms with Gasteiger partial charge in [-0.2, -0.15) is 0 Å². The molecule has 0 aromatic heterocycles. The zero-order valence-corrected chi connectivity index (χ0v) is 31.1. The average Bonchev–Trinajstić information content (AvgIpc) is 3.63. The van der Waals surface area contributed by atoms with Crippen molar-refractivity contribution >= 4 is 24.2 Å². The number of rotatable bonds is 10. The molecule has 3 aromatic carbocycles. The van der Waals surface area contributed by atoms with Crippen LogP contribution in [0.3, 0.4) is 0 Å². The Morgan fingerprint density at radius 1 is 0.830 bits per heavy atom. The zero-order valence-electron chi connectivity index (χ0n) is 31.1. The molecule has 0 saturated heterocycles. The molecule has 5 aliphatic carbocycles. The van der Waals surface area contributed by atoms with E-state index in [1.807, 2.05) is 12.1 Å². The fourth-order valence-corrected chi connectivity index (χ4v) is 11.1. The molecule has 0 unspecified atom stereocenters. The smallest absolute Gasteiger partial charge is 0.307 e. The van der Waals surface area contributed by atoms with Gasteiger partial charge in [0, 0.05) is 5.41 Å². The molecule has 1 spiro atoms. The van der Waals surface area contributed by atoms with Crippen molar-refractivity contribution in [1.29, 1.82) is 0 Å². The summed E-state index contributed by atoms with van der Waals surface area (Å²) in [5.74, 6) is 1.28. The summed E-state index contributed by atoms with van der Waals surface area (Å²) in [4.78, 5) is 13.5. The lowest BCUT2D eigenvalue weighted by Gasteiger charge is -2.54. The number of benzene rings is 3. The highest BCUT2D eigenvalue weighted by Gasteiger charge is 2.55. The van der Waals surface area contributed by atoms with Crippen LogP contribution in [0.15, 0.2) is 96.6 Å². The van der Waals surface area contributed by atoms with Gasteiger partial charge in [0.1, 0.15) is 5.75 Å². The maximum atomic E-state index is 13.5. The predicted octanol–water partition coefficient (Wildman–Crippen LogP) is 9.24. The lowest BCUT2D eigenvalue weighted by atomic mass is 9.49. The molecule has 3 N–H and O–H groups in total. The van der Waals surface area contributed by atoms with Gasteiger partial charge in [-0.1, -0.05) is 123 Å². The number of carboxylic acids is 1. The van der Waals surface area contributed by atoms with Crippen molar-refractivity contribution in [1.82, 2.24) is 0 Å². The molecule has 0 heterocycles. The summed E-state index contributed by atoms with van der Waals surface area (Å²) in [5, 5.41) is 33.4. The van der Waals surface area contributed by atoms with E-state index in [1.54, 1.807) is 0 Å². The maximum absolute atomic E-state index is 13.5. The Morgan fingerprint density at radius 3 is 2.34 bits per heavy atom. The van der Waals surface area contributed by atoms with Gasteiger partial charge in [0.15, 0.2) is 0 Å². The lowest BCUT2D eigenvalue weighted by Crippen LogP contribution is -2.53. The number of carboxylic acid groups (broad SMARTS) is 1. The lowest BCUT2D eigenvalue weighted by molar-refractivity contribution is -0.146. The SMILES string of the molecule is O=C(O)[C@@H]1CC=CC[C@@H](CCCCCC[C@H]2C=C(CO)CC2)[C@H](c2ccc(O)cc2)Cc2ccc3c(c2)[C@@]12C[C@H]1C=c4ccccc4=C[C@@H]1C[C@@H]2C=C3. The summed E-state index contributed by atoms with van der Waals surface area (Å²) >= 11 is 0. The second kappa shape index (κ2) is 15.7. The molecule has 0 amide bonds. The second-order valence-electron chi connectivity index (χ2n) is 16.9. The number of aliphatic carboxylic acids is 1. The van der Waals surface area contributed by atoms with Gasteiger partial charge in [-0.05, 0) is 144 Å². The van der Waals surface area contributed by atoms with Crippen LogP contribution in [0, 0.1) is 35.5 Å². The Labute approximate surface area is 315 Å². The fraction of sp³-hybridized carbons (Fsp3) is 0.449. The number of aromatic hydroxyl groups is 1. The van der Waals surface area contributed by atoms with E-state index in [4.69, 9.17) is 0 Å². The van der Waals surface area contributed by atoms with Crippen LogP contribution >= 0.6 is 0 Å². The molecule has 276 valence electrons. The minimum Gasteiger partial charge on any atom is -0.508 e. The van der Waals surface area contributed by atoms with Gasteiger partial charge in [0.2, 0.25) is 0 Å². The largest absolute Gasteiger partial charge is 0.508 e. The van der Waals surface area contributed by atoms with Crippen molar-refractivity contribution in [2.45, 2.75) is 94.8 Å². The first-order valence-corrected chi connectivity index (χ1v) is 20.5. The van der Waals surface area contributed by atoms with Crippen LogP contribution in [-0.2, 0) is 16.6 Å². The number of hydrogen-bond acceptors (Lipinski definition) is 3. The number of aliphatic hydroxyl groups is 1. The quantitative estimate of drug-likeness (QED) is 0.145. The van der Waals surface area contributed by atoms with Gasteiger partial charge in [0.05, 0.1) is 12.5 Å². The Hall–Kier alpha value is -4.15. The minimum absolute atomic E-state index is 0.154. The van der Waals surface area contributed by atoms with Crippen molar-refractivity contribution in [2.24, 2.45) is 35.5 Å². The molecular weight excluding hydrogens is 653 g/mol. The first-order chi connectivity index (χ1) is 25.9.